The van der Waals surface area contributed by atoms with E-state index in [1.807, 2.05) is 0 Å². The maximum Gasteiger partial charge on any atom is 0.0586 e. The molecule has 4 heteroatoms. The third kappa shape index (κ3) is 3.41. The van der Waals surface area contributed by atoms with Crippen molar-refractivity contribution in [3.8, 4) is 0 Å². The zero-order valence-corrected chi connectivity index (χ0v) is 10.7. The van der Waals surface area contributed by atoms with Gasteiger partial charge in [-0.15, -0.1) is 0 Å². The molecular weight excluding hydrogens is 216 g/mol. The van der Waals surface area contributed by atoms with E-state index in [0.29, 0.717) is 25.3 Å². The number of rotatable bonds is 6. The number of nitrogens with zero attached hydrogens (tertiary/aromatic N) is 2. The lowest BCUT2D eigenvalue weighted by atomic mass is 10.2. The first-order valence-electron chi connectivity index (χ1n) is 7.05. The maximum atomic E-state index is 9.24. The summed E-state index contributed by atoms with van der Waals surface area (Å²) in [7, 11) is 0. The molecular formula is C13H26N2O2. The number of aliphatic hydroxyl groups is 2. The van der Waals surface area contributed by atoms with Crippen LogP contribution in [0.4, 0.5) is 0 Å². The largest absolute Gasteiger partial charge is 0.395 e. The minimum absolute atomic E-state index is 0.309. The van der Waals surface area contributed by atoms with Crippen LogP contribution in [0.15, 0.2) is 0 Å². The first-order valence-corrected chi connectivity index (χ1v) is 7.05. The molecule has 0 aliphatic carbocycles. The number of likely N-dealkylation sites (tertiary alicyclic amines) is 2. The van der Waals surface area contributed by atoms with Crippen LogP contribution in [0.1, 0.15) is 32.1 Å². The van der Waals surface area contributed by atoms with Crippen LogP contribution < -0.4 is 0 Å². The van der Waals surface area contributed by atoms with Gasteiger partial charge in [0.05, 0.1) is 13.2 Å². The summed E-state index contributed by atoms with van der Waals surface area (Å²) in [6.07, 6.45) is 5.92. The molecule has 17 heavy (non-hydrogen) atoms. The van der Waals surface area contributed by atoms with Gasteiger partial charge in [-0.2, -0.15) is 0 Å². The Morgan fingerprint density at radius 2 is 1.29 bits per heavy atom. The summed E-state index contributed by atoms with van der Waals surface area (Å²) in [5.41, 5.74) is 0. The molecule has 0 bridgehead atoms. The highest BCUT2D eigenvalue weighted by Gasteiger charge is 2.25. The molecule has 0 spiro atoms. The summed E-state index contributed by atoms with van der Waals surface area (Å²) >= 11 is 0. The van der Waals surface area contributed by atoms with Crippen molar-refractivity contribution in [1.29, 1.82) is 0 Å². The Morgan fingerprint density at radius 1 is 0.824 bits per heavy atom. The molecule has 2 heterocycles. The van der Waals surface area contributed by atoms with Crippen LogP contribution in [0.3, 0.4) is 0 Å². The first-order chi connectivity index (χ1) is 8.35. The zero-order valence-electron chi connectivity index (χ0n) is 10.7. The average molecular weight is 242 g/mol. The minimum atomic E-state index is 0.309. The van der Waals surface area contributed by atoms with Crippen LogP contribution in [-0.2, 0) is 0 Å². The van der Waals surface area contributed by atoms with Gasteiger partial charge in [0, 0.05) is 12.1 Å². The highest BCUT2D eigenvalue weighted by molar-refractivity contribution is 4.81. The Balaban J connectivity index is 1.65. The molecule has 0 radical (unpaired) electrons. The Bertz CT molecular complexity index is 203. The molecule has 2 unspecified atom stereocenters. The van der Waals surface area contributed by atoms with Crippen LogP contribution in [-0.4, -0.2) is 71.5 Å². The van der Waals surface area contributed by atoms with E-state index in [1.165, 1.54) is 12.8 Å². The number of hydrogen-bond donors (Lipinski definition) is 2. The smallest absolute Gasteiger partial charge is 0.0586 e. The SMILES string of the molecule is OCC1CCCN1CCCN1CCCC1CO. The van der Waals surface area contributed by atoms with Crippen molar-refractivity contribution >= 4 is 0 Å². The molecule has 2 saturated heterocycles. The fourth-order valence-electron chi connectivity index (χ4n) is 3.27. The zero-order chi connectivity index (χ0) is 12.1. The lowest BCUT2D eigenvalue weighted by Gasteiger charge is -2.26. The van der Waals surface area contributed by atoms with Gasteiger partial charge in [0.1, 0.15) is 0 Å². The quantitative estimate of drug-likeness (QED) is 0.703. The third-order valence-corrected chi connectivity index (χ3v) is 4.31. The van der Waals surface area contributed by atoms with E-state index in [2.05, 4.69) is 9.80 Å². The highest BCUT2D eigenvalue weighted by Crippen LogP contribution is 2.19. The molecule has 0 aromatic heterocycles. The van der Waals surface area contributed by atoms with Gasteiger partial charge in [0.2, 0.25) is 0 Å². The average Bonchev–Trinajstić information content (AvgIpc) is 2.97. The molecule has 2 rings (SSSR count). The van der Waals surface area contributed by atoms with Crippen molar-refractivity contribution in [2.75, 3.05) is 39.4 Å². The normalized spacial score (nSPS) is 31.4. The van der Waals surface area contributed by atoms with Gasteiger partial charge in [-0.25, -0.2) is 0 Å². The molecule has 0 amide bonds. The second kappa shape index (κ2) is 6.69. The van der Waals surface area contributed by atoms with Gasteiger partial charge in [-0.05, 0) is 58.3 Å². The summed E-state index contributed by atoms with van der Waals surface area (Å²) in [5.74, 6) is 0. The predicted octanol–water partition coefficient (Wildman–Crippen LogP) is 0.290. The van der Waals surface area contributed by atoms with E-state index < -0.39 is 0 Å². The second-order valence-corrected chi connectivity index (χ2v) is 5.38. The predicted molar refractivity (Wildman–Crippen MR) is 68.0 cm³/mol. The molecule has 0 saturated carbocycles. The van der Waals surface area contributed by atoms with Crippen LogP contribution in [0, 0.1) is 0 Å². The van der Waals surface area contributed by atoms with Gasteiger partial charge in [-0.1, -0.05) is 0 Å². The molecule has 2 aliphatic heterocycles. The maximum absolute atomic E-state index is 9.24. The molecule has 2 aliphatic rings. The second-order valence-electron chi connectivity index (χ2n) is 5.38. The monoisotopic (exact) mass is 242 g/mol. The summed E-state index contributed by atoms with van der Waals surface area (Å²) in [5, 5.41) is 18.5. The summed E-state index contributed by atoms with van der Waals surface area (Å²) in [6.45, 7) is 5.11. The van der Waals surface area contributed by atoms with Crippen LogP contribution in [0.5, 0.6) is 0 Å². The topological polar surface area (TPSA) is 46.9 Å². The molecule has 0 aromatic rings. The Kier molecular flexibility index (Phi) is 5.22. The number of aliphatic hydroxyl groups excluding tert-OH is 2. The third-order valence-electron chi connectivity index (χ3n) is 4.31. The van der Waals surface area contributed by atoms with Crippen molar-refractivity contribution in [3.63, 3.8) is 0 Å². The van der Waals surface area contributed by atoms with Gasteiger partial charge in [0.15, 0.2) is 0 Å². The fraction of sp³-hybridized carbons (Fsp3) is 1.00. The lowest BCUT2D eigenvalue weighted by molar-refractivity contribution is 0.135. The molecule has 0 aromatic carbocycles. The van der Waals surface area contributed by atoms with Gasteiger partial charge >= 0.3 is 0 Å². The van der Waals surface area contributed by atoms with E-state index in [4.69, 9.17) is 0 Å². The van der Waals surface area contributed by atoms with Crippen molar-refractivity contribution in [2.24, 2.45) is 0 Å². The van der Waals surface area contributed by atoms with Crippen molar-refractivity contribution in [2.45, 2.75) is 44.2 Å². The van der Waals surface area contributed by atoms with Crippen molar-refractivity contribution in [3.05, 3.63) is 0 Å². The van der Waals surface area contributed by atoms with Gasteiger partial charge < -0.3 is 10.2 Å². The fourth-order valence-corrected chi connectivity index (χ4v) is 3.27. The Hall–Kier alpha value is -0.160. The van der Waals surface area contributed by atoms with Crippen molar-refractivity contribution < 1.29 is 10.2 Å². The Labute approximate surface area is 104 Å². The van der Waals surface area contributed by atoms with E-state index >= 15 is 0 Å². The number of hydrogen-bond acceptors (Lipinski definition) is 4. The summed E-state index contributed by atoms with van der Waals surface area (Å²) in [4.78, 5) is 4.84. The minimum Gasteiger partial charge on any atom is -0.395 e. The van der Waals surface area contributed by atoms with E-state index in [1.54, 1.807) is 0 Å². The summed E-state index contributed by atoms with van der Waals surface area (Å²) < 4.78 is 0. The first kappa shape index (κ1) is 13.3. The van der Waals surface area contributed by atoms with E-state index in [9.17, 15) is 10.2 Å². The Morgan fingerprint density at radius 3 is 1.71 bits per heavy atom. The molecule has 2 atom stereocenters. The van der Waals surface area contributed by atoms with Crippen LogP contribution >= 0.6 is 0 Å². The summed E-state index contributed by atoms with van der Waals surface area (Å²) in [6, 6.07) is 0.810. The van der Waals surface area contributed by atoms with E-state index in [-0.39, 0.29) is 0 Å². The highest BCUT2D eigenvalue weighted by atomic mass is 16.3. The van der Waals surface area contributed by atoms with Crippen LogP contribution in [0.2, 0.25) is 0 Å². The van der Waals surface area contributed by atoms with Gasteiger partial charge in [0.25, 0.3) is 0 Å². The molecule has 100 valence electrons. The lowest BCUT2D eigenvalue weighted by Crippen LogP contribution is -2.37. The molecule has 4 nitrogen and oxygen atoms in total. The standard InChI is InChI=1S/C13H26N2O2/c16-10-12-4-1-6-14(12)8-3-9-15-7-2-5-13(15)11-17/h12-13,16-17H,1-11H2. The molecule has 2 fully saturated rings. The molecule has 2 N–H and O–H groups in total. The van der Waals surface area contributed by atoms with Crippen molar-refractivity contribution in [1.82, 2.24) is 9.80 Å². The van der Waals surface area contributed by atoms with Gasteiger partial charge in [-0.3, -0.25) is 9.80 Å². The van der Waals surface area contributed by atoms with E-state index in [0.717, 1.165) is 45.4 Å². The van der Waals surface area contributed by atoms with Crippen LogP contribution in [0.25, 0.3) is 0 Å².